The first kappa shape index (κ1) is 12.2. The maximum Gasteiger partial charge on any atom is 0.307 e. The summed E-state index contributed by atoms with van der Waals surface area (Å²) in [6, 6.07) is 6.10. The van der Waals surface area contributed by atoms with Crippen molar-refractivity contribution in [1.82, 2.24) is 4.98 Å². The molecule has 4 N–H and O–H groups in total. The quantitative estimate of drug-likeness (QED) is 0.666. The van der Waals surface area contributed by atoms with Crippen LogP contribution in [-0.2, 0) is 11.2 Å². The summed E-state index contributed by atoms with van der Waals surface area (Å²) in [5.41, 5.74) is 0.447. The maximum absolute atomic E-state index is 11.6. The molecule has 0 aliphatic heterocycles. The van der Waals surface area contributed by atoms with Crippen molar-refractivity contribution in [2.45, 2.75) is 6.42 Å². The Kier molecular flexibility index (Phi) is 3.33. The molecule has 1 amide bonds. The number of hydrogen-bond acceptors (Lipinski definition) is 5. The summed E-state index contributed by atoms with van der Waals surface area (Å²) in [7, 11) is 0. The molecule has 6 nitrogen and oxygen atoms in total. The molecule has 0 aliphatic carbocycles. The van der Waals surface area contributed by atoms with Crippen LogP contribution in [0.25, 0.3) is 0 Å². The average molecular weight is 266 g/mol. The molecule has 1 aromatic heterocycles. The highest BCUT2D eigenvalue weighted by molar-refractivity contribution is 7.09. The predicted molar refractivity (Wildman–Crippen MR) is 67.0 cm³/mol. The minimum Gasteiger partial charge on any atom is -0.508 e. The van der Waals surface area contributed by atoms with Gasteiger partial charge in [0.2, 0.25) is 11.8 Å². The molecule has 0 aliphatic rings. The van der Waals surface area contributed by atoms with Gasteiger partial charge < -0.3 is 15.5 Å². The molecule has 0 bridgehead atoms. The number of anilines is 1. The number of carbonyl (C=O) groups is 1. The lowest BCUT2D eigenvalue weighted by Crippen LogP contribution is -2.13. The van der Waals surface area contributed by atoms with Gasteiger partial charge in [-0.25, -0.2) is 0 Å². The van der Waals surface area contributed by atoms with Crippen molar-refractivity contribution in [2.75, 3.05) is 5.32 Å². The summed E-state index contributed by atoms with van der Waals surface area (Å²) < 4.78 is 0. The first-order chi connectivity index (χ1) is 8.54. The monoisotopic (exact) mass is 266 g/mol. The normalized spacial score (nSPS) is 10.2. The van der Waals surface area contributed by atoms with Gasteiger partial charge in [0.15, 0.2) is 0 Å². The molecule has 2 rings (SSSR count). The van der Waals surface area contributed by atoms with Crippen molar-refractivity contribution in [2.24, 2.45) is 0 Å². The topological polar surface area (TPSA) is 102 Å². The van der Waals surface area contributed by atoms with E-state index in [1.54, 1.807) is 12.1 Å². The van der Waals surface area contributed by atoms with Crippen LogP contribution in [0, 0.1) is 0 Å². The number of rotatable bonds is 3. The van der Waals surface area contributed by atoms with Crippen LogP contribution in [0.3, 0.4) is 0 Å². The predicted octanol–water partition coefficient (Wildman–Crippen LogP) is 1.03. The average Bonchev–Trinajstić information content (AvgIpc) is 2.57. The zero-order chi connectivity index (χ0) is 13.1. The van der Waals surface area contributed by atoms with Crippen LogP contribution in [0.5, 0.6) is 11.6 Å². The van der Waals surface area contributed by atoms with Gasteiger partial charge in [0.25, 0.3) is 0 Å². The lowest BCUT2D eigenvalue weighted by molar-refractivity contribution is -0.115. The smallest absolute Gasteiger partial charge is 0.307 e. The van der Waals surface area contributed by atoms with Crippen molar-refractivity contribution in [3.8, 4) is 11.6 Å². The van der Waals surface area contributed by atoms with Gasteiger partial charge >= 0.3 is 4.87 Å². The fourth-order valence-corrected chi connectivity index (χ4v) is 2.13. The van der Waals surface area contributed by atoms with Gasteiger partial charge in [0.05, 0.1) is 11.3 Å². The molecule has 1 aromatic carbocycles. The molecule has 0 atom stereocenters. The molecule has 2 aromatic rings. The van der Waals surface area contributed by atoms with Gasteiger partial charge in [-0.05, 0) is 12.1 Å². The van der Waals surface area contributed by atoms with Crippen LogP contribution in [-0.4, -0.2) is 21.1 Å². The number of hydrogen-bond donors (Lipinski definition) is 4. The van der Waals surface area contributed by atoms with E-state index < -0.39 is 4.87 Å². The zero-order valence-corrected chi connectivity index (χ0v) is 9.95. The van der Waals surface area contributed by atoms with Gasteiger partial charge in [-0.1, -0.05) is 17.4 Å². The summed E-state index contributed by atoms with van der Waals surface area (Å²) >= 11 is 0.785. The molecule has 0 spiro atoms. The largest absolute Gasteiger partial charge is 0.508 e. The van der Waals surface area contributed by atoms with E-state index in [0.29, 0.717) is 5.69 Å². The summed E-state index contributed by atoms with van der Waals surface area (Å²) in [4.78, 5) is 24.6. The third kappa shape index (κ3) is 2.89. The number of aromatic hydroxyl groups is 2. The molecule has 0 saturated heterocycles. The van der Waals surface area contributed by atoms with Crippen LogP contribution in [0.15, 0.2) is 29.1 Å². The van der Waals surface area contributed by atoms with E-state index >= 15 is 0 Å². The Morgan fingerprint density at radius 3 is 2.78 bits per heavy atom. The molecule has 1 heterocycles. The molecular weight excluding hydrogens is 256 g/mol. The molecule has 7 heteroatoms. The highest BCUT2D eigenvalue weighted by Crippen LogP contribution is 2.18. The number of carbonyl (C=O) groups excluding carboxylic acids is 1. The van der Waals surface area contributed by atoms with Gasteiger partial charge in [-0.2, -0.15) is 0 Å². The van der Waals surface area contributed by atoms with Crippen molar-refractivity contribution < 1.29 is 15.0 Å². The van der Waals surface area contributed by atoms with Crippen molar-refractivity contribution in [1.29, 1.82) is 0 Å². The number of H-pyrrole nitrogens is 1. The van der Waals surface area contributed by atoms with E-state index in [2.05, 4.69) is 10.3 Å². The number of aromatic nitrogens is 1. The number of phenols is 1. The lowest BCUT2D eigenvalue weighted by atomic mass is 10.3. The standard InChI is InChI=1S/C11H10N2O4S/c14-7-3-1-2-6(4-7)12-9(15)5-8-10(16)13-11(17)18-8/h1-4,14,16H,5H2,(H,12,15)(H,13,17). The lowest BCUT2D eigenvalue weighted by Gasteiger charge is -2.04. The molecule has 18 heavy (non-hydrogen) atoms. The third-order valence-corrected chi connectivity index (χ3v) is 3.02. The van der Waals surface area contributed by atoms with Crippen LogP contribution in [0.1, 0.15) is 4.88 Å². The Hall–Kier alpha value is -2.28. The molecular formula is C11H10N2O4S. The van der Waals surface area contributed by atoms with E-state index in [1.807, 2.05) is 0 Å². The van der Waals surface area contributed by atoms with E-state index in [4.69, 9.17) is 0 Å². The van der Waals surface area contributed by atoms with E-state index in [1.165, 1.54) is 12.1 Å². The summed E-state index contributed by atoms with van der Waals surface area (Å²) in [6.45, 7) is 0. The van der Waals surface area contributed by atoms with Gasteiger partial charge in [-0.15, -0.1) is 0 Å². The second-order valence-electron chi connectivity index (χ2n) is 3.56. The Morgan fingerprint density at radius 1 is 1.39 bits per heavy atom. The van der Waals surface area contributed by atoms with Crippen molar-refractivity contribution >= 4 is 22.9 Å². The molecule has 94 valence electrons. The Balaban J connectivity index is 2.05. The van der Waals surface area contributed by atoms with Crippen molar-refractivity contribution in [3.63, 3.8) is 0 Å². The van der Waals surface area contributed by atoms with E-state index in [9.17, 15) is 19.8 Å². The minimum atomic E-state index is -0.410. The molecule has 0 radical (unpaired) electrons. The summed E-state index contributed by atoms with van der Waals surface area (Å²) in [5, 5.41) is 21.1. The van der Waals surface area contributed by atoms with E-state index in [-0.39, 0.29) is 28.8 Å². The third-order valence-electron chi connectivity index (χ3n) is 2.15. The number of benzene rings is 1. The number of aromatic amines is 1. The second kappa shape index (κ2) is 4.92. The Morgan fingerprint density at radius 2 is 2.17 bits per heavy atom. The first-order valence-electron chi connectivity index (χ1n) is 5.04. The highest BCUT2D eigenvalue weighted by atomic mass is 32.1. The molecule has 0 unspecified atom stereocenters. The number of phenolic OH excluding ortho intramolecular Hbond substituents is 1. The fourth-order valence-electron chi connectivity index (χ4n) is 1.41. The van der Waals surface area contributed by atoms with Gasteiger partial charge in [0, 0.05) is 11.8 Å². The fraction of sp³-hybridized carbons (Fsp3) is 0.0909. The van der Waals surface area contributed by atoms with E-state index in [0.717, 1.165) is 11.3 Å². The number of nitrogens with one attached hydrogen (secondary N) is 2. The summed E-state index contributed by atoms with van der Waals surface area (Å²) in [5.74, 6) is -0.621. The minimum absolute atomic E-state index is 0.0435. The van der Waals surface area contributed by atoms with Crippen LogP contribution < -0.4 is 10.2 Å². The maximum atomic E-state index is 11.6. The van der Waals surface area contributed by atoms with Gasteiger partial charge in [0.1, 0.15) is 5.75 Å². The number of thiazole rings is 1. The molecule has 0 saturated carbocycles. The molecule has 0 fully saturated rings. The second-order valence-corrected chi connectivity index (χ2v) is 4.63. The van der Waals surface area contributed by atoms with Gasteiger partial charge in [-0.3, -0.25) is 14.6 Å². The van der Waals surface area contributed by atoms with Crippen LogP contribution >= 0.6 is 11.3 Å². The first-order valence-corrected chi connectivity index (χ1v) is 5.86. The zero-order valence-electron chi connectivity index (χ0n) is 9.14. The Bertz CT molecular complexity index is 632. The van der Waals surface area contributed by atoms with Crippen LogP contribution in [0.4, 0.5) is 5.69 Å². The SMILES string of the molecule is O=C(Cc1sc(=O)[nH]c1O)Nc1cccc(O)c1. The van der Waals surface area contributed by atoms with Crippen LogP contribution in [0.2, 0.25) is 0 Å². The Labute approximate surface area is 106 Å². The van der Waals surface area contributed by atoms with Crippen molar-refractivity contribution in [3.05, 3.63) is 38.8 Å². The highest BCUT2D eigenvalue weighted by Gasteiger charge is 2.11. The summed E-state index contributed by atoms with van der Waals surface area (Å²) in [6.07, 6.45) is -0.106. The number of amides is 1.